The molecule has 1 aromatic heterocycles. The van der Waals surface area contributed by atoms with Crippen molar-refractivity contribution >= 4 is 17.6 Å². The van der Waals surface area contributed by atoms with Gasteiger partial charge in [-0.2, -0.15) is 5.10 Å². The van der Waals surface area contributed by atoms with Crippen molar-refractivity contribution in [1.29, 1.82) is 0 Å². The maximum Gasteiger partial charge on any atom is 0.360 e. The summed E-state index contributed by atoms with van der Waals surface area (Å²) < 4.78 is 6.22. The zero-order chi connectivity index (χ0) is 13.3. The molecule has 2 aromatic rings. The van der Waals surface area contributed by atoms with Crippen molar-refractivity contribution in [3.05, 3.63) is 40.5 Å². The fraction of sp³-hybridized carbons (Fsp3) is 0.231. The second kappa shape index (κ2) is 4.82. The Bertz CT molecular complexity index is 588. The Morgan fingerprint density at radius 1 is 1.33 bits per heavy atom. The third-order valence-electron chi connectivity index (χ3n) is 2.69. The molecule has 1 heterocycles. The van der Waals surface area contributed by atoms with Gasteiger partial charge in [0.15, 0.2) is 5.69 Å². The van der Waals surface area contributed by atoms with E-state index < -0.39 is 5.97 Å². The van der Waals surface area contributed by atoms with Crippen LogP contribution in [0, 0.1) is 6.92 Å². The summed E-state index contributed by atoms with van der Waals surface area (Å²) in [7, 11) is 3.05. The van der Waals surface area contributed by atoms with Gasteiger partial charge in [0.05, 0.1) is 12.8 Å². The van der Waals surface area contributed by atoms with Crippen LogP contribution >= 0.6 is 11.6 Å². The number of nitrogens with zero attached hydrogens (tertiary/aromatic N) is 2. The summed E-state index contributed by atoms with van der Waals surface area (Å²) in [6.45, 7) is 2.01. The van der Waals surface area contributed by atoms with Gasteiger partial charge in [0, 0.05) is 12.6 Å². The van der Waals surface area contributed by atoms with Crippen molar-refractivity contribution in [2.75, 3.05) is 7.11 Å². The Morgan fingerprint density at radius 2 is 1.94 bits per heavy atom. The van der Waals surface area contributed by atoms with Gasteiger partial charge in [0.1, 0.15) is 5.02 Å². The third kappa shape index (κ3) is 2.11. The fourth-order valence-corrected chi connectivity index (χ4v) is 2.10. The van der Waals surface area contributed by atoms with Crippen LogP contribution in [-0.4, -0.2) is 22.9 Å². The van der Waals surface area contributed by atoms with E-state index in [-0.39, 0.29) is 5.69 Å². The molecule has 0 N–H and O–H groups in total. The minimum atomic E-state index is -0.533. The van der Waals surface area contributed by atoms with Crippen LogP contribution in [0.25, 0.3) is 11.3 Å². The first-order chi connectivity index (χ1) is 8.54. The highest BCUT2D eigenvalue weighted by Crippen LogP contribution is 2.30. The van der Waals surface area contributed by atoms with E-state index in [4.69, 9.17) is 11.6 Å². The molecule has 5 heteroatoms. The van der Waals surface area contributed by atoms with Gasteiger partial charge in [-0.3, -0.25) is 4.68 Å². The van der Waals surface area contributed by atoms with Crippen LogP contribution < -0.4 is 0 Å². The molecule has 0 saturated heterocycles. The summed E-state index contributed by atoms with van der Waals surface area (Å²) in [5.74, 6) is -0.533. The number of esters is 1. The second-order valence-corrected chi connectivity index (χ2v) is 4.37. The number of carbonyl (C=O) groups excluding carboxylic acids is 1. The van der Waals surface area contributed by atoms with Gasteiger partial charge >= 0.3 is 5.97 Å². The summed E-state index contributed by atoms with van der Waals surface area (Å²) in [5.41, 5.74) is 2.91. The van der Waals surface area contributed by atoms with Crippen molar-refractivity contribution in [1.82, 2.24) is 9.78 Å². The van der Waals surface area contributed by atoms with Crippen LogP contribution in [0.1, 0.15) is 16.1 Å². The lowest BCUT2D eigenvalue weighted by atomic mass is 10.1. The van der Waals surface area contributed by atoms with E-state index in [0.717, 1.165) is 11.1 Å². The van der Waals surface area contributed by atoms with Crippen molar-refractivity contribution in [2.24, 2.45) is 7.05 Å². The lowest BCUT2D eigenvalue weighted by Gasteiger charge is -2.03. The average molecular weight is 265 g/mol. The Kier molecular flexibility index (Phi) is 3.39. The van der Waals surface area contributed by atoms with Gasteiger partial charge in [-0.05, 0) is 6.92 Å². The normalized spacial score (nSPS) is 10.4. The van der Waals surface area contributed by atoms with Gasteiger partial charge in [-0.25, -0.2) is 4.79 Å². The van der Waals surface area contributed by atoms with Crippen LogP contribution in [0.4, 0.5) is 0 Å². The van der Waals surface area contributed by atoms with E-state index in [1.165, 1.54) is 7.11 Å². The molecule has 2 rings (SSSR count). The Morgan fingerprint density at radius 3 is 2.50 bits per heavy atom. The number of benzene rings is 1. The zero-order valence-electron chi connectivity index (χ0n) is 10.4. The topological polar surface area (TPSA) is 44.1 Å². The van der Waals surface area contributed by atoms with E-state index in [0.29, 0.717) is 10.7 Å². The molecule has 0 amide bonds. The summed E-state index contributed by atoms with van der Waals surface area (Å²) >= 11 is 6.19. The van der Waals surface area contributed by atoms with Gasteiger partial charge in [-0.15, -0.1) is 0 Å². The summed E-state index contributed by atoms with van der Waals surface area (Å²) in [6, 6.07) is 7.85. The van der Waals surface area contributed by atoms with E-state index in [1.807, 2.05) is 31.2 Å². The molecule has 0 fully saturated rings. The molecule has 4 nitrogen and oxygen atoms in total. The number of rotatable bonds is 2. The maximum atomic E-state index is 11.5. The summed E-state index contributed by atoms with van der Waals surface area (Å²) in [5, 5.41) is 4.40. The molecule has 0 unspecified atom stereocenters. The number of carbonyl (C=O) groups is 1. The predicted octanol–water partition coefficient (Wildman–Crippen LogP) is 2.84. The molecule has 0 atom stereocenters. The molecule has 0 aliphatic rings. The third-order valence-corrected chi connectivity index (χ3v) is 3.05. The predicted molar refractivity (Wildman–Crippen MR) is 69.7 cm³/mol. The molecule has 0 bridgehead atoms. The quantitative estimate of drug-likeness (QED) is 0.784. The van der Waals surface area contributed by atoms with Gasteiger partial charge in [0.25, 0.3) is 0 Å². The molecule has 0 saturated carbocycles. The fourth-order valence-electron chi connectivity index (χ4n) is 1.75. The average Bonchev–Trinajstić information content (AvgIpc) is 2.65. The number of ether oxygens (including phenoxy) is 1. The molecule has 0 radical (unpaired) electrons. The number of methoxy groups -OCH3 is 1. The number of aromatic nitrogens is 2. The van der Waals surface area contributed by atoms with Gasteiger partial charge in [0.2, 0.25) is 0 Å². The largest absolute Gasteiger partial charge is 0.464 e. The second-order valence-electron chi connectivity index (χ2n) is 3.99. The van der Waals surface area contributed by atoms with Crippen molar-refractivity contribution in [3.63, 3.8) is 0 Å². The first-order valence-corrected chi connectivity index (χ1v) is 5.80. The Hall–Kier alpha value is -1.81. The highest BCUT2D eigenvalue weighted by molar-refractivity contribution is 6.35. The van der Waals surface area contributed by atoms with Crippen LogP contribution in [0.3, 0.4) is 0 Å². The summed E-state index contributed by atoms with van der Waals surface area (Å²) in [6.07, 6.45) is 0. The Balaban J connectivity index is 2.55. The van der Waals surface area contributed by atoms with E-state index in [9.17, 15) is 4.79 Å². The molecule has 18 heavy (non-hydrogen) atoms. The van der Waals surface area contributed by atoms with Gasteiger partial charge in [-0.1, -0.05) is 41.4 Å². The first kappa shape index (κ1) is 12.6. The number of hydrogen-bond donors (Lipinski definition) is 0. The highest BCUT2D eigenvalue weighted by atomic mass is 35.5. The van der Waals surface area contributed by atoms with Crippen LogP contribution in [-0.2, 0) is 11.8 Å². The molecule has 0 aliphatic carbocycles. The van der Waals surface area contributed by atoms with Crippen molar-refractivity contribution in [2.45, 2.75) is 6.92 Å². The van der Waals surface area contributed by atoms with Crippen molar-refractivity contribution in [3.8, 4) is 11.3 Å². The van der Waals surface area contributed by atoms with E-state index in [2.05, 4.69) is 9.84 Å². The minimum Gasteiger partial charge on any atom is -0.464 e. The first-order valence-electron chi connectivity index (χ1n) is 5.42. The highest BCUT2D eigenvalue weighted by Gasteiger charge is 2.21. The lowest BCUT2D eigenvalue weighted by Crippen LogP contribution is -2.03. The number of halogens is 1. The zero-order valence-corrected chi connectivity index (χ0v) is 11.2. The molecular formula is C13H13ClN2O2. The molecule has 0 spiro atoms. The molecule has 94 valence electrons. The molecule has 1 aromatic carbocycles. The number of hydrogen-bond acceptors (Lipinski definition) is 3. The van der Waals surface area contributed by atoms with E-state index >= 15 is 0 Å². The van der Waals surface area contributed by atoms with Gasteiger partial charge < -0.3 is 4.74 Å². The molecular weight excluding hydrogens is 252 g/mol. The molecule has 0 aliphatic heterocycles. The summed E-state index contributed by atoms with van der Waals surface area (Å²) in [4.78, 5) is 11.5. The minimum absolute atomic E-state index is 0.136. The maximum absolute atomic E-state index is 11.5. The van der Waals surface area contributed by atoms with Crippen LogP contribution in [0.15, 0.2) is 24.3 Å². The SMILES string of the molecule is COC(=O)c1nn(C)c(-c2ccc(C)cc2)c1Cl. The number of aryl methyl sites for hydroxylation is 2. The lowest BCUT2D eigenvalue weighted by molar-refractivity contribution is 0.0593. The monoisotopic (exact) mass is 264 g/mol. The van der Waals surface area contributed by atoms with Crippen molar-refractivity contribution < 1.29 is 9.53 Å². The van der Waals surface area contributed by atoms with E-state index in [1.54, 1.807) is 11.7 Å². The van der Waals surface area contributed by atoms with Crippen LogP contribution in [0.2, 0.25) is 5.02 Å². The standard InChI is InChI=1S/C13H13ClN2O2/c1-8-4-6-9(7-5-8)12-10(14)11(13(17)18-3)15-16(12)2/h4-7H,1-3H3. The smallest absolute Gasteiger partial charge is 0.360 e. The Labute approximate surface area is 110 Å². The van der Waals surface area contributed by atoms with Crippen LogP contribution in [0.5, 0.6) is 0 Å².